The Bertz CT molecular complexity index is 888. The molecule has 1 aliphatic carbocycles. The van der Waals surface area contributed by atoms with Gasteiger partial charge in [0.25, 0.3) is 0 Å². The molecule has 0 unspecified atom stereocenters. The van der Waals surface area contributed by atoms with Crippen molar-refractivity contribution in [2.75, 3.05) is 18.5 Å². The smallest absolute Gasteiger partial charge is 0.250 e. The molecule has 0 spiro atoms. The Labute approximate surface area is 196 Å². The first kappa shape index (κ1) is 23.8. The van der Waals surface area contributed by atoms with E-state index in [1.54, 1.807) is 6.08 Å². The van der Waals surface area contributed by atoms with E-state index in [1.807, 2.05) is 55.5 Å². The van der Waals surface area contributed by atoms with E-state index >= 15 is 0 Å². The average Bonchev–Trinajstić information content (AvgIpc) is 2.81. The topological polar surface area (TPSA) is 59.6 Å². The van der Waals surface area contributed by atoms with Crippen molar-refractivity contribution in [3.05, 3.63) is 60.2 Å². The van der Waals surface area contributed by atoms with Crippen molar-refractivity contribution in [3.63, 3.8) is 0 Å². The lowest BCUT2D eigenvalue weighted by molar-refractivity contribution is -0.115. The zero-order valence-electron chi connectivity index (χ0n) is 18.6. The Kier molecular flexibility index (Phi) is 9.57. The van der Waals surface area contributed by atoms with Crippen molar-refractivity contribution >= 4 is 35.0 Å². The molecule has 32 heavy (non-hydrogen) atoms. The van der Waals surface area contributed by atoms with Crippen LogP contribution in [0.4, 0.5) is 5.69 Å². The predicted octanol–water partition coefficient (Wildman–Crippen LogP) is 5.96. The quantitative estimate of drug-likeness (QED) is 0.363. The lowest BCUT2D eigenvalue weighted by Gasteiger charge is -2.21. The van der Waals surface area contributed by atoms with Gasteiger partial charge in [-0.2, -0.15) is 0 Å². The summed E-state index contributed by atoms with van der Waals surface area (Å²) in [5.41, 5.74) is 1.70. The highest BCUT2D eigenvalue weighted by molar-refractivity contribution is 7.80. The molecule has 2 aromatic carbocycles. The maximum atomic E-state index is 12.1. The molecule has 1 saturated carbocycles. The van der Waals surface area contributed by atoms with Crippen LogP contribution in [-0.4, -0.2) is 24.2 Å². The molecule has 0 aromatic heterocycles. The van der Waals surface area contributed by atoms with Gasteiger partial charge in [0.05, 0.1) is 13.2 Å². The van der Waals surface area contributed by atoms with E-state index < -0.39 is 0 Å². The number of ether oxygens (including phenoxy) is 2. The van der Waals surface area contributed by atoms with Crippen molar-refractivity contribution in [2.45, 2.75) is 45.4 Å². The van der Waals surface area contributed by atoms with Crippen molar-refractivity contribution in [1.29, 1.82) is 0 Å². The lowest BCUT2D eigenvalue weighted by Crippen LogP contribution is -2.32. The minimum Gasteiger partial charge on any atom is -0.494 e. The van der Waals surface area contributed by atoms with E-state index in [4.69, 9.17) is 21.7 Å². The second-order valence-corrected chi connectivity index (χ2v) is 8.35. The summed E-state index contributed by atoms with van der Waals surface area (Å²) in [7, 11) is 0. The van der Waals surface area contributed by atoms with Crippen molar-refractivity contribution in [1.82, 2.24) is 5.32 Å². The van der Waals surface area contributed by atoms with Crippen LogP contribution in [0.5, 0.6) is 11.5 Å². The molecular weight excluding hydrogens is 420 g/mol. The average molecular weight is 453 g/mol. The molecular formula is C26H32N2O3S. The SMILES string of the molecule is CCOc1ccc(/C=C/C(=O)NC(=S)Nc2ccc(OCCC3CCCCC3)cc2)cc1. The fourth-order valence-corrected chi connectivity index (χ4v) is 4.00. The van der Waals surface area contributed by atoms with E-state index in [0.29, 0.717) is 6.61 Å². The predicted molar refractivity (Wildman–Crippen MR) is 134 cm³/mol. The van der Waals surface area contributed by atoms with Gasteiger partial charge in [0.15, 0.2) is 5.11 Å². The van der Waals surface area contributed by atoms with Crippen molar-refractivity contribution in [2.24, 2.45) is 5.92 Å². The third-order valence-electron chi connectivity index (χ3n) is 5.49. The summed E-state index contributed by atoms with van der Waals surface area (Å²) >= 11 is 5.24. The number of thiocarbonyl (C=S) groups is 1. The Balaban J connectivity index is 1.38. The van der Waals surface area contributed by atoms with Crippen LogP contribution >= 0.6 is 12.2 Å². The van der Waals surface area contributed by atoms with E-state index in [1.165, 1.54) is 38.2 Å². The van der Waals surface area contributed by atoms with E-state index in [9.17, 15) is 4.79 Å². The highest BCUT2D eigenvalue weighted by Gasteiger charge is 2.13. The zero-order valence-corrected chi connectivity index (χ0v) is 19.5. The lowest BCUT2D eigenvalue weighted by atomic mass is 9.87. The van der Waals surface area contributed by atoms with E-state index in [0.717, 1.165) is 41.7 Å². The Morgan fingerprint density at radius 1 is 1.00 bits per heavy atom. The first-order chi connectivity index (χ1) is 15.6. The molecule has 1 aliphatic rings. The number of rotatable bonds is 9. The molecule has 2 N–H and O–H groups in total. The van der Waals surface area contributed by atoms with Crippen LogP contribution in [0.15, 0.2) is 54.6 Å². The molecule has 1 fully saturated rings. The second-order valence-electron chi connectivity index (χ2n) is 7.94. The molecule has 0 bridgehead atoms. The summed E-state index contributed by atoms with van der Waals surface area (Å²) in [4.78, 5) is 12.1. The molecule has 5 nitrogen and oxygen atoms in total. The second kappa shape index (κ2) is 12.9. The van der Waals surface area contributed by atoms with Gasteiger partial charge in [-0.3, -0.25) is 10.1 Å². The zero-order chi connectivity index (χ0) is 22.6. The molecule has 2 aromatic rings. The number of carbonyl (C=O) groups excluding carboxylic acids is 1. The number of amides is 1. The third kappa shape index (κ3) is 8.35. The highest BCUT2D eigenvalue weighted by Crippen LogP contribution is 2.26. The van der Waals surface area contributed by atoms with Crippen LogP contribution < -0.4 is 20.1 Å². The number of carbonyl (C=O) groups is 1. The maximum Gasteiger partial charge on any atom is 0.250 e. The minimum atomic E-state index is -0.293. The Hall–Kier alpha value is -2.86. The number of benzene rings is 2. The third-order valence-corrected chi connectivity index (χ3v) is 5.69. The van der Waals surface area contributed by atoms with Crippen LogP contribution in [-0.2, 0) is 4.79 Å². The first-order valence-electron chi connectivity index (χ1n) is 11.4. The fourth-order valence-electron chi connectivity index (χ4n) is 3.78. The summed E-state index contributed by atoms with van der Waals surface area (Å²) in [5, 5.41) is 5.92. The van der Waals surface area contributed by atoms with E-state index in [2.05, 4.69) is 10.6 Å². The highest BCUT2D eigenvalue weighted by atomic mass is 32.1. The number of nitrogens with one attached hydrogen (secondary N) is 2. The molecule has 0 saturated heterocycles. The van der Waals surface area contributed by atoms with Gasteiger partial charge in [-0.25, -0.2) is 0 Å². The molecule has 3 rings (SSSR count). The van der Waals surface area contributed by atoms with Crippen LogP contribution in [0.3, 0.4) is 0 Å². The standard InChI is InChI=1S/C26H32N2O3S/c1-2-30-23-13-8-21(9-14-23)10-17-25(29)28-26(32)27-22-11-15-24(16-12-22)31-19-18-20-6-4-3-5-7-20/h8-17,20H,2-7,18-19H2,1H3,(H2,27,28,29,32)/b17-10+. The molecule has 0 radical (unpaired) electrons. The van der Waals surface area contributed by atoms with Gasteiger partial charge >= 0.3 is 0 Å². The normalized spacial score (nSPS) is 14.2. The fraction of sp³-hybridized carbons (Fsp3) is 0.385. The summed E-state index contributed by atoms with van der Waals surface area (Å²) in [5.74, 6) is 2.17. The maximum absolute atomic E-state index is 12.1. The van der Waals surface area contributed by atoms with Crippen molar-refractivity contribution < 1.29 is 14.3 Å². The summed E-state index contributed by atoms with van der Waals surface area (Å²) in [6.07, 6.45) is 11.1. The molecule has 0 heterocycles. The van der Waals surface area contributed by atoms with Crippen LogP contribution in [0, 0.1) is 5.92 Å². The monoisotopic (exact) mass is 452 g/mol. The largest absolute Gasteiger partial charge is 0.494 e. The molecule has 170 valence electrons. The van der Waals surface area contributed by atoms with E-state index in [-0.39, 0.29) is 11.0 Å². The summed E-state index contributed by atoms with van der Waals surface area (Å²) in [6, 6.07) is 15.1. The van der Waals surface area contributed by atoms with Gasteiger partial charge in [0.2, 0.25) is 5.91 Å². The van der Waals surface area contributed by atoms with Gasteiger partial charge in [-0.05, 0) is 79.5 Å². The van der Waals surface area contributed by atoms with Crippen LogP contribution in [0.2, 0.25) is 0 Å². The minimum absolute atomic E-state index is 0.248. The molecule has 0 aliphatic heterocycles. The Morgan fingerprint density at radius 2 is 1.66 bits per heavy atom. The van der Waals surface area contributed by atoms with Crippen LogP contribution in [0.25, 0.3) is 6.08 Å². The number of hydrogen-bond acceptors (Lipinski definition) is 4. The van der Waals surface area contributed by atoms with Gasteiger partial charge in [0.1, 0.15) is 11.5 Å². The first-order valence-corrected chi connectivity index (χ1v) is 11.8. The molecule has 1 amide bonds. The van der Waals surface area contributed by atoms with Crippen molar-refractivity contribution in [3.8, 4) is 11.5 Å². The van der Waals surface area contributed by atoms with Crippen LogP contribution in [0.1, 0.15) is 51.0 Å². The number of anilines is 1. The summed E-state index contributed by atoms with van der Waals surface area (Å²) in [6.45, 7) is 3.32. The van der Waals surface area contributed by atoms with Gasteiger partial charge in [-0.15, -0.1) is 0 Å². The summed E-state index contributed by atoms with van der Waals surface area (Å²) < 4.78 is 11.3. The molecule has 0 atom stereocenters. The molecule has 6 heteroatoms. The van der Waals surface area contributed by atoms with Gasteiger partial charge in [0, 0.05) is 11.8 Å². The van der Waals surface area contributed by atoms with Gasteiger partial charge < -0.3 is 14.8 Å². The van der Waals surface area contributed by atoms with Gasteiger partial charge in [-0.1, -0.05) is 44.2 Å². The number of hydrogen-bond donors (Lipinski definition) is 2. The Morgan fingerprint density at radius 3 is 2.34 bits per heavy atom.